The van der Waals surface area contributed by atoms with E-state index in [0.29, 0.717) is 0 Å². The highest BCUT2D eigenvalue weighted by atomic mass is 15.0. The molecule has 0 unspecified atom stereocenters. The lowest BCUT2D eigenvalue weighted by atomic mass is 9.93. The molecule has 0 N–H and O–H groups in total. The standard InChI is InChI=1S/C58H32N4/c1-2-13-35-29-48-46(28-34(35)12-1)55-43-17-7-5-15-41(43)42-16-6-8-18-44(42)56(55)62-52-25-24-38(32-50(52)60-58(48)62)36-21-22-37-30-47-45(31-39(37)27-36)54-40-14-4-3-11-33(40)23-26-53(54)61-51-20-10-9-19-49(51)59-57(47)61/h1-32H. The van der Waals surface area contributed by atoms with Crippen molar-refractivity contribution in [2.45, 2.75) is 0 Å². The second kappa shape index (κ2) is 11.7. The molecule has 11 aromatic carbocycles. The molecule has 0 saturated heterocycles. The smallest absolute Gasteiger partial charge is 0.146 e. The van der Waals surface area contributed by atoms with Gasteiger partial charge in [-0.1, -0.05) is 133 Å². The molecule has 284 valence electrons. The molecule has 0 aliphatic carbocycles. The molecule has 15 aromatic rings. The Morgan fingerprint density at radius 3 is 1.61 bits per heavy atom. The molecule has 0 amide bonds. The maximum Gasteiger partial charge on any atom is 0.146 e. The minimum atomic E-state index is 0.978. The predicted octanol–water partition coefficient (Wildman–Crippen LogP) is 15.3. The first-order valence-corrected chi connectivity index (χ1v) is 21.3. The zero-order chi connectivity index (χ0) is 40.2. The minimum Gasteiger partial charge on any atom is -0.292 e. The molecule has 0 saturated carbocycles. The van der Waals surface area contributed by atoms with Crippen LogP contribution < -0.4 is 0 Å². The van der Waals surface area contributed by atoms with Gasteiger partial charge in [0.05, 0.1) is 33.1 Å². The highest BCUT2D eigenvalue weighted by molar-refractivity contribution is 6.33. The van der Waals surface area contributed by atoms with Crippen LogP contribution in [0.5, 0.6) is 0 Å². The Morgan fingerprint density at radius 1 is 0.274 bits per heavy atom. The summed E-state index contributed by atoms with van der Waals surface area (Å²) < 4.78 is 4.78. The van der Waals surface area contributed by atoms with Crippen LogP contribution in [0.25, 0.3) is 142 Å². The molecule has 0 bridgehead atoms. The SMILES string of the molecule is c1ccc2cc3c(cc2c1)c1c2ccccc2c2ccccc2c1n1c2ccc(-c4ccc5cc6c(cc5c4)c4c5ccccc5ccc4n4c5ccccc5nc64)cc2nc31. The van der Waals surface area contributed by atoms with E-state index in [9.17, 15) is 0 Å². The van der Waals surface area contributed by atoms with Crippen LogP contribution in [0.3, 0.4) is 0 Å². The third-order valence-corrected chi connectivity index (χ3v) is 13.7. The average molecular weight is 785 g/mol. The largest absolute Gasteiger partial charge is 0.292 e. The van der Waals surface area contributed by atoms with Crippen LogP contribution in [0.1, 0.15) is 0 Å². The second-order valence-electron chi connectivity index (χ2n) is 16.9. The van der Waals surface area contributed by atoms with Gasteiger partial charge in [-0.05, 0) is 131 Å². The summed E-state index contributed by atoms with van der Waals surface area (Å²) in [6.07, 6.45) is 0. The molecule has 4 heteroatoms. The van der Waals surface area contributed by atoms with Gasteiger partial charge < -0.3 is 0 Å². The number of pyridine rings is 2. The number of imidazole rings is 2. The van der Waals surface area contributed by atoms with Crippen molar-refractivity contribution >= 4 is 131 Å². The average Bonchev–Trinajstić information content (AvgIpc) is 3.92. The summed E-state index contributed by atoms with van der Waals surface area (Å²) in [5, 5.41) is 19.6. The van der Waals surface area contributed by atoms with Gasteiger partial charge in [0.15, 0.2) is 0 Å². The van der Waals surface area contributed by atoms with E-state index in [2.05, 4.69) is 203 Å². The van der Waals surface area contributed by atoms with Gasteiger partial charge in [-0.15, -0.1) is 0 Å². The molecular weight excluding hydrogens is 753 g/mol. The topological polar surface area (TPSA) is 34.6 Å². The second-order valence-corrected chi connectivity index (χ2v) is 16.9. The Labute approximate surface area is 353 Å². The van der Waals surface area contributed by atoms with Gasteiger partial charge in [-0.3, -0.25) is 8.80 Å². The molecule has 62 heavy (non-hydrogen) atoms. The maximum absolute atomic E-state index is 5.54. The number of hydrogen-bond donors (Lipinski definition) is 0. The number of fused-ring (bicyclic) bond motifs is 25. The first kappa shape index (κ1) is 32.5. The van der Waals surface area contributed by atoms with Crippen molar-refractivity contribution < 1.29 is 0 Å². The van der Waals surface area contributed by atoms with Crippen molar-refractivity contribution in [1.82, 2.24) is 18.8 Å². The fourth-order valence-corrected chi connectivity index (χ4v) is 11.0. The molecule has 0 aliphatic heterocycles. The summed E-state index contributed by atoms with van der Waals surface area (Å²) >= 11 is 0. The fourth-order valence-electron chi connectivity index (χ4n) is 11.0. The van der Waals surface area contributed by atoms with E-state index in [-0.39, 0.29) is 0 Å². The van der Waals surface area contributed by atoms with Crippen LogP contribution in [0, 0.1) is 0 Å². The minimum absolute atomic E-state index is 0.978. The third kappa shape index (κ3) is 4.20. The van der Waals surface area contributed by atoms with E-state index in [0.717, 1.165) is 55.3 Å². The number of para-hydroxylation sites is 2. The summed E-state index contributed by atoms with van der Waals surface area (Å²) in [7, 11) is 0. The number of rotatable bonds is 1. The Balaban J connectivity index is 1.01. The van der Waals surface area contributed by atoms with Crippen molar-refractivity contribution in [1.29, 1.82) is 0 Å². The van der Waals surface area contributed by atoms with Gasteiger partial charge in [-0.25, -0.2) is 9.97 Å². The van der Waals surface area contributed by atoms with Gasteiger partial charge >= 0.3 is 0 Å². The number of aromatic nitrogens is 4. The van der Waals surface area contributed by atoms with Crippen molar-refractivity contribution in [2.24, 2.45) is 0 Å². The molecule has 0 atom stereocenters. The van der Waals surface area contributed by atoms with Crippen LogP contribution in [-0.4, -0.2) is 18.8 Å². The van der Waals surface area contributed by atoms with E-state index >= 15 is 0 Å². The lowest BCUT2D eigenvalue weighted by molar-refractivity contribution is 1.32. The molecule has 4 heterocycles. The van der Waals surface area contributed by atoms with E-state index < -0.39 is 0 Å². The zero-order valence-corrected chi connectivity index (χ0v) is 33.3. The highest BCUT2D eigenvalue weighted by Crippen LogP contribution is 2.44. The predicted molar refractivity (Wildman–Crippen MR) is 262 cm³/mol. The molecule has 4 aromatic heterocycles. The summed E-state index contributed by atoms with van der Waals surface area (Å²) in [6, 6.07) is 71.4. The molecular formula is C58H32N4. The fraction of sp³-hybridized carbons (Fsp3) is 0. The maximum atomic E-state index is 5.54. The van der Waals surface area contributed by atoms with Crippen LogP contribution in [0.15, 0.2) is 194 Å². The van der Waals surface area contributed by atoms with E-state index in [1.807, 2.05) is 0 Å². The normalized spacial score (nSPS) is 12.5. The molecule has 0 aliphatic rings. The Bertz CT molecular complexity index is 4510. The lowest BCUT2D eigenvalue weighted by Crippen LogP contribution is -1.95. The van der Waals surface area contributed by atoms with Crippen LogP contribution in [-0.2, 0) is 0 Å². The van der Waals surface area contributed by atoms with Crippen molar-refractivity contribution in [2.75, 3.05) is 0 Å². The van der Waals surface area contributed by atoms with Crippen LogP contribution >= 0.6 is 0 Å². The monoisotopic (exact) mass is 784 g/mol. The first-order valence-electron chi connectivity index (χ1n) is 21.3. The van der Waals surface area contributed by atoms with E-state index in [1.165, 1.54) is 86.4 Å². The molecule has 0 radical (unpaired) electrons. The summed E-state index contributed by atoms with van der Waals surface area (Å²) in [4.78, 5) is 10.8. The summed E-state index contributed by atoms with van der Waals surface area (Å²) in [6.45, 7) is 0. The molecule has 15 rings (SSSR count). The van der Waals surface area contributed by atoms with Gasteiger partial charge in [0.2, 0.25) is 0 Å². The van der Waals surface area contributed by atoms with E-state index in [1.54, 1.807) is 0 Å². The van der Waals surface area contributed by atoms with E-state index in [4.69, 9.17) is 9.97 Å². The lowest BCUT2D eigenvalue weighted by Gasteiger charge is -2.16. The molecule has 0 fully saturated rings. The Morgan fingerprint density at radius 2 is 0.790 bits per heavy atom. The van der Waals surface area contributed by atoms with Gasteiger partial charge in [-0.2, -0.15) is 0 Å². The van der Waals surface area contributed by atoms with Gasteiger partial charge in [0.25, 0.3) is 0 Å². The number of benzene rings is 11. The summed E-state index contributed by atoms with van der Waals surface area (Å²) in [5.74, 6) is 0. The van der Waals surface area contributed by atoms with Crippen LogP contribution in [0.4, 0.5) is 0 Å². The highest BCUT2D eigenvalue weighted by Gasteiger charge is 2.21. The number of hydrogen-bond acceptors (Lipinski definition) is 2. The summed E-state index contributed by atoms with van der Waals surface area (Å²) in [5.41, 5.74) is 10.8. The number of nitrogens with zero attached hydrogens (tertiary/aromatic N) is 4. The first-order chi connectivity index (χ1) is 30.7. The van der Waals surface area contributed by atoms with Crippen LogP contribution in [0.2, 0.25) is 0 Å². The third-order valence-electron chi connectivity index (χ3n) is 13.7. The quantitative estimate of drug-likeness (QED) is 0.123. The van der Waals surface area contributed by atoms with Crippen molar-refractivity contribution in [3.05, 3.63) is 194 Å². The zero-order valence-electron chi connectivity index (χ0n) is 33.3. The van der Waals surface area contributed by atoms with Crippen molar-refractivity contribution in [3.63, 3.8) is 0 Å². The van der Waals surface area contributed by atoms with Crippen molar-refractivity contribution in [3.8, 4) is 11.1 Å². The molecule has 0 spiro atoms. The Hall–Kier alpha value is -8.34. The van der Waals surface area contributed by atoms with Gasteiger partial charge in [0.1, 0.15) is 11.3 Å². The van der Waals surface area contributed by atoms with Gasteiger partial charge in [0, 0.05) is 26.9 Å². The Kier molecular flexibility index (Phi) is 6.13. The molecule has 4 nitrogen and oxygen atoms in total.